The molecule has 6 heteroatoms. The minimum atomic E-state index is -0.546. The quantitative estimate of drug-likeness (QED) is 0.765. The number of hydrogen-bond acceptors (Lipinski definition) is 4. The molecule has 0 N–H and O–H groups in total. The molecule has 1 aromatic carbocycles. The van der Waals surface area contributed by atoms with Crippen molar-refractivity contribution in [2.24, 2.45) is 5.92 Å². The van der Waals surface area contributed by atoms with Gasteiger partial charge in [0.25, 0.3) is 5.91 Å². The number of benzene rings is 1. The second kappa shape index (κ2) is 7.63. The molecule has 1 fully saturated rings. The lowest BCUT2D eigenvalue weighted by molar-refractivity contribution is -0.150. The number of hydrogen-bond donors (Lipinski definition) is 0. The number of likely N-dealkylation sites (tertiary alicyclic amines) is 1. The summed E-state index contributed by atoms with van der Waals surface area (Å²) < 4.78 is 11.4. The molecule has 1 aliphatic heterocycles. The summed E-state index contributed by atoms with van der Waals surface area (Å²) in [5, 5.41) is 0. The van der Waals surface area contributed by atoms with E-state index in [4.69, 9.17) is 9.47 Å². The average molecular weight is 370 g/mol. The number of esters is 1. The van der Waals surface area contributed by atoms with E-state index in [1.807, 2.05) is 24.3 Å². The maximum Gasteiger partial charge on any atom is 0.308 e. The van der Waals surface area contributed by atoms with Gasteiger partial charge in [-0.05, 0) is 44.0 Å². The number of halogens is 1. The SMILES string of the molecule is COC(=O)C1CCN(C(=O)[C@H](C)Oc2ccc(Br)cc2)CC1. The number of amides is 1. The van der Waals surface area contributed by atoms with Crippen molar-refractivity contribution in [3.8, 4) is 5.75 Å². The summed E-state index contributed by atoms with van der Waals surface area (Å²) in [5.74, 6) is 0.322. The number of methoxy groups -OCH3 is 1. The standard InChI is InChI=1S/C16H20BrNO4/c1-11(22-14-5-3-13(17)4-6-14)15(19)18-9-7-12(8-10-18)16(20)21-2/h3-6,11-12H,7-10H2,1-2H3/t11-/m0/s1. The number of rotatable bonds is 4. The van der Waals surface area contributed by atoms with Crippen LogP contribution in [0, 0.1) is 5.92 Å². The lowest BCUT2D eigenvalue weighted by atomic mass is 9.97. The van der Waals surface area contributed by atoms with Gasteiger partial charge in [-0.3, -0.25) is 9.59 Å². The summed E-state index contributed by atoms with van der Waals surface area (Å²) in [6.45, 7) is 2.87. The fourth-order valence-corrected chi connectivity index (χ4v) is 2.79. The number of piperidine rings is 1. The Balaban J connectivity index is 1.86. The van der Waals surface area contributed by atoms with Gasteiger partial charge in [-0.1, -0.05) is 15.9 Å². The van der Waals surface area contributed by atoms with Crippen LogP contribution in [0.25, 0.3) is 0 Å². The van der Waals surface area contributed by atoms with Gasteiger partial charge < -0.3 is 14.4 Å². The molecule has 0 saturated carbocycles. The van der Waals surface area contributed by atoms with Crippen LogP contribution in [-0.4, -0.2) is 43.1 Å². The van der Waals surface area contributed by atoms with Crippen LogP contribution in [-0.2, 0) is 14.3 Å². The van der Waals surface area contributed by atoms with Gasteiger partial charge in [0.15, 0.2) is 6.10 Å². The lowest BCUT2D eigenvalue weighted by Crippen LogP contribution is -2.45. The van der Waals surface area contributed by atoms with Crippen molar-refractivity contribution in [3.05, 3.63) is 28.7 Å². The molecule has 1 amide bonds. The van der Waals surface area contributed by atoms with E-state index in [0.29, 0.717) is 31.7 Å². The first kappa shape index (κ1) is 16.8. The van der Waals surface area contributed by atoms with Gasteiger partial charge in [-0.15, -0.1) is 0 Å². The van der Waals surface area contributed by atoms with E-state index in [-0.39, 0.29) is 17.8 Å². The van der Waals surface area contributed by atoms with Crippen molar-refractivity contribution in [2.75, 3.05) is 20.2 Å². The Labute approximate surface area is 138 Å². The zero-order valence-electron chi connectivity index (χ0n) is 12.8. The summed E-state index contributed by atoms with van der Waals surface area (Å²) in [7, 11) is 1.40. The minimum absolute atomic E-state index is 0.0498. The van der Waals surface area contributed by atoms with E-state index >= 15 is 0 Å². The zero-order valence-corrected chi connectivity index (χ0v) is 14.3. The summed E-state index contributed by atoms with van der Waals surface area (Å²) >= 11 is 3.36. The molecule has 22 heavy (non-hydrogen) atoms. The van der Waals surface area contributed by atoms with E-state index in [1.165, 1.54) is 7.11 Å². The van der Waals surface area contributed by atoms with Crippen LogP contribution in [0.4, 0.5) is 0 Å². The largest absolute Gasteiger partial charge is 0.481 e. The topological polar surface area (TPSA) is 55.8 Å². The molecule has 1 aliphatic rings. The Kier molecular flexibility index (Phi) is 5.83. The monoisotopic (exact) mass is 369 g/mol. The number of ether oxygens (including phenoxy) is 2. The molecule has 0 radical (unpaired) electrons. The predicted molar refractivity (Wildman–Crippen MR) is 85.6 cm³/mol. The minimum Gasteiger partial charge on any atom is -0.481 e. The number of carbonyl (C=O) groups excluding carboxylic acids is 2. The molecule has 0 bridgehead atoms. The van der Waals surface area contributed by atoms with Crippen LogP contribution in [0.15, 0.2) is 28.7 Å². The highest BCUT2D eigenvalue weighted by Gasteiger charge is 2.30. The normalized spacial score (nSPS) is 17.0. The van der Waals surface area contributed by atoms with Crippen LogP contribution in [0.5, 0.6) is 5.75 Å². The van der Waals surface area contributed by atoms with Crippen molar-refractivity contribution in [1.29, 1.82) is 0 Å². The molecule has 1 atom stereocenters. The van der Waals surface area contributed by atoms with Crippen molar-refractivity contribution >= 4 is 27.8 Å². The van der Waals surface area contributed by atoms with Crippen molar-refractivity contribution in [2.45, 2.75) is 25.9 Å². The van der Waals surface area contributed by atoms with E-state index in [0.717, 1.165) is 4.47 Å². The molecule has 120 valence electrons. The van der Waals surface area contributed by atoms with Crippen LogP contribution in [0.3, 0.4) is 0 Å². The van der Waals surface area contributed by atoms with E-state index < -0.39 is 6.10 Å². The summed E-state index contributed by atoms with van der Waals surface area (Å²) in [4.78, 5) is 25.6. The first-order chi connectivity index (χ1) is 10.5. The first-order valence-corrected chi connectivity index (χ1v) is 8.09. The molecular weight excluding hydrogens is 350 g/mol. The fourth-order valence-electron chi connectivity index (χ4n) is 2.53. The van der Waals surface area contributed by atoms with Crippen molar-refractivity contribution < 1.29 is 19.1 Å². The Morgan fingerprint density at radius 3 is 2.36 bits per heavy atom. The third-order valence-electron chi connectivity index (χ3n) is 3.82. The third-order valence-corrected chi connectivity index (χ3v) is 4.34. The van der Waals surface area contributed by atoms with Gasteiger partial charge in [-0.2, -0.15) is 0 Å². The summed E-state index contributed by atoms with van der Waals surface area (Å²) in [6.07, 6.45) is 0.739. The van der Waals surface area contributed by atoms with E-state index in [9.17, 15) is 9.59 Å². The highest BCUT2D eigenvalue weighted by atomic mass is 79.9. The average Bonchev–Trinajstić information content (AvgIpc) is 2.55. The highest BCUT2D eigenvalue weighted by Crippen LogP contribution is 2.21. The van der Waals surface area contributed by atoms with Crippen molar-refractivity contribution in [1.82, 2.24) is 4.90 Å². The maximum absolute atomic E-state index is 12.4. The second-order valence-corrected chi connectivity index (χ2v) is 6.25. The Morgan fingerprint density at radius 2 is 1.82 bits per heavy atom. The van der Waals surface area contributed by atoms with Gasteiger partial charge in [-0.25, -0.2) is 0 Å². The maximum atomic E-state index is 12.4. The molecule has 0 unspecified atom stereocenters. The molecule has 0 aliphatic carbocycles. The molecule has 0 spiro atoms. The van der Waals surface area contributed by atoms with Gasteiger partial charge >= 0.3 is 5.97 Å². The van der Waals surface area contributed by atoms with E-state index in [1.54, 1.807) is 11.8 Å². The van der Waals surface area contributed by atoms with Crippen LogP contribution in [0.2, 0.25) is 0 Å². The highest BCUT2D eigenvalue weighted by molar-refractivity contribution is 9.10. The number of nitrogens with zero attached hydrogens (tertiary/aromatic N) is 1. The van der Waals surface area contributed by atoms with Crippen LogP contribution in [0.1, 0.15) is 19.8 Å². The zero-order chi connectivity index (χ0) is 16.1. The lowest BCUT2D eigenvalue weighted by Gasteiger charge is -2.32. The molecule has 1 heterocycles. The Bertz CT molecular complexity index is 523. The van der Waals surface area contributed by atoms with E-state index in [2.05, 4.69) is 15.9 Å². The summed E-state index contributed by atoms with van der Waals surface area (Å²) in [6, 6.07) is 7.37. The molecule has 5 nitrogen and oxygen atoms in total. The second-order valence-electron chi connectivity index (χ2n) is 5.34. The molecular formula is C16H20BrNO4. The summed E-state index contributed by atoms with van der Waals surface area (Å²) in [5.41, 5.74) is 0. The molecule has 1 aromatic rings. The smallest absolute Gasteiger partial charge is 0.308 e. The van der Waals surface area contributed by atoms with Gasteiger partial charge in [0, 0.05) is 17.6 Å². The number of carbonyl (C=O) groups is 2. The molecule has 1 saturated heterocycles. The van der Waals surface area contributed by atoms with Crippen molar-refractivity contribution in [3.63, 3.8) is 0 Å². The van der Waals surface area contributed by atoms with Crippen LogP contribution >= 0.6 is 15.9 Å². The third kappa shape index (κ3) is 4.22. The Morgan fingerprint density at radius 1 is 1.23 bits per heavy atom. The predicted octanol–water partition coefficient (Wildman–Crippen LogP) is 2.63. The van der Waals surface area contributed by atoms with Gasteiger partial charge in [0.1, 0.15) is 5.75 Å². The van der Waals surface area contributed by atoms with Gasteiger partial charge in [0.2, 0.25) is 0 Å². The first-order valence-electron chi connectivity index (χ1n) is 7.30. The molecule has 0 aromatic heterocycles. The Hall–Kier alpha value is -1.56. The fraction of sp³-hybridized carbons (Fsp3) is 0.500. The van der Waals surface area contributed by atoms with Crippen LogP contribution < -0.4 is 4.74 Å². The molecule has 2 rings (SSSR count). The van der Waals surface area contributed by atoms with Gasteiger partial charge in [0.05, 0.1) is 13.0 Å².